The van der Waals surface area contributed by atoms with E-state index in [9.17, 15) is 4.79 Å². The van der Waals surface area contributed by atoms with Crippen molar-refractivity contribution < 1.29 is 18.8 Å². The van der Waals surface area contributed by atoms with Crippen LogP contribution in [-0.2, 0) is 6.42 Å². The van der Waals surface area contributed by atoms with Crippen molar-refractivity contribution in [3.63, 3.8) is 0 Å². The van der Waals surface area contributed by atoms with Crippen LogP contribution in [0.2, 0.25) is 0 Å². The molecule has 2 aromatic carbocycles. The minimum atomic E-state index is -0.00180. The van der Waals surface area contributed by atoms with E-state index in [1.165, 1.54) is 0 Å². The number of nitrogens with zero attached hydrogens (tertiary/aromatic N) is 3. The fourth-order valence-corrected chi connectivity index (χ4v) is 3.37. The first kappa shape index (κ1) is 19.0. The van der Waals surface area contributed by atoms with Crippen molar-refractivity contribution in [1.82, 2.24) is 15.0 Å². The molecule has 29 heavy (non-hydrogen) atoms. The number of likely N-dealkylation sites (tertiary alicyclic amines) is 1. The normalized spacial score (nSPS) is 13.8. The quantitative estimate of drug-likeness (QED) is 0.613. The van der Waals surface area contributed by atoms with Crippen LogP contribution in [0.5, 0.6) is 11.5 Å². The van der Waals surface area contributed by atoms with Crippen LogP contribution in [0, 0.1) is 0 Å². The lowest BCUT2D eigenvalue weighted by molar-refractivity contribution is 0.0569. The largest absolute Gasteiger partial charge is 0.496 e. The third-order valence-corrected chi connectivity index (χ3v) is 4.96. The molecule has 1 aromatic heterocycles. The minimum absolute atomic E-state index is 0.00180. The van der Waals surface area contributed by atoms with Crippen LogP contribution in [0.4, 0.5) is 0 Å². The zero-order chi connectivity index (χ0) is 20.2. The van der Waals surface area contributed by atoms with E-state index in [-0.39, 0.29) is 11.8 Å². The number of ether oxygens (including phenoxy) is 2. The van der Waals surface area contributed by atoms with Crippen molar-refractivity contribution in [2.24, 2.45) is 0 Å². The van der Waals surface area contributed by atoms with Crippen LogP contribution >= 0.6 is 0 Å². The van der Waals surface area contributed by atoms with Gasteiger partial charge in [0.15, 0.2) is 5.82 Å². The second kappa shape index (κ2) is 8.34. The Morgan fingerprint density at radius 2 is 1.93 bits per heavy atom. The molecule has 1 amide bonds. The lowest BCUT2D eigenvalue weighted by atomic mass is 9.98. The van der Waals surface area contributed by atoms with Gasteiger partial charge in [-0.05, 0) is 37.3 Å². The van der Waals surface area contributed by atoms with Crippen molar-refractivity contribution in [2.45, 2.75) is 19.3 Å². The fourth-order valence-electron chi connectivity index (χ4n) is 3.37. The average molecular weight is 393 g/mol. The van der Waals surface area contributed by atoms with E-state index >= 15 is 0 Å². The number of hydrogen-bond acceptors (Lipinski definition) is 6. The Hall–Kier alpha value is -3.35. The molecule has 1 aliphatic heterocycles. The maximum absolute atomic E-state index is 12.6. The molecule has 4 rings (SSSR count). The second-order valence-corrected chi connectivity index (χ2v) is 6.90. The Kier molecular flexibility index (Phi) is 5.46. The van der Waals surface area contributed by atoms with Crippen molar-refractivity contribution >= 4 is 5.91 Å². The van der Waals surface area contributed by atoms with E-state index in [4.69, 9.17) is 14.0 Å². The molecule has 7 heteroatoms. The van der Waals surface area contributed by atoms with Crippen LogP contribution in [-0.4, -0.2) is 47.8 Å². The van der Waals surface area contributed by atoms with Crippen LogP contribution in [0.25, 0.3) is 0 Å². The van der Waals surface area contributed by atoms with Crippen molar-refractivity contribution in [2.75, 3.05) is 26.8 Å². The third kappa shape index (κ3) is 4.08. The zero-order valence-electron chi connectivity index (χ0n) is 16.5. The highest BCUT2D eigenvalue weighted by Crippen LogP contribution is 2.28. The summed E-state index contributed by atoms with van der Waals surface area (Å²) in [6.07, 6.45) is 0.537. The Bertz CT molecular complexity index is 978. The highest BCUT2D eigenvalue weighted by molar-refractivity contribution is 5.95. The van der Waals surface area contributed by atoms with Gasteiger partial charge in [-0.2, -0.15) is 4.98 Å². The number of methoxy groups -OCH3 is 1. The first-order valence-electron chi connectivity index (χ1n) is 9.64. The van der Waals surface area contributed by atoms with E-state index in [0.29, 0.717) is 43.4 Å². The molecule has 0 unspecified atom stereocenters. The Balaban J connectivity index is 1.35. The van der Waals surface area contributed by atoms with Gasteiger partial charge in [0.1, 0.15) is 11.5 Å². The van der Waals surface area contributed by atoms with E-state index < -0.39 is 0 Å². The molecule has 2 heterocycles. The maximum atomic E-state index is 12.6. The molecule has 1 aliphatic rings. The molecule has 0 atom stereocenters. The molecular formula is C22H23N3O4. The predicted octanol–water partition coefficient (Wildman–Crippen LogP) is 3.31. The summed E-state index contributed by atoms with van der Waals surface area (Å²) in [5, 5.41) is 4.09. The zero-order valence-corrected chi connectivity index (χ0v) is 16.5. The first-order chi connectivity index (χ1) is 14.2. The average Bonchev–Trinajstić information content (AvgIpc) is 3.16. The molecule has 0 saturated carbocycles. The summed E-state index contributed by atoms with van der Waals surface area (Å²) < 4.78 is 16.2. The molecule has 0 radical (unpaired) electrons. The number of hydrogen-bond donors (Lipinski definition) is 0. The van der Waals surface area contributed by atoms with Gasteiger partial charge in [0, 0.05) is 30.6 Å². The summed E-state index contributed by atoms with van der Waals surface area (Å²) in [6.45, 7) is 3.67. The van der Waals surface area contributed by atoms with Gasteiger partial charge >= 0.3 is 0 Å². The molecular weight excluding hydrogens is 370 g/mol. The van der Waals surface area contributed by atoms with Crippen molar-refractivity contribution in [1.29, 1.82) is 0 Å². The van der Waals surface area contributed by atoms with Crippen molar-refractivity contribution in [3.8, 4) is 11.5 Å². The fraction of sp³-hybridized carbons (Fsp3) is 0.318. The SMILES string of the molecule is CCOc1ccc(C(=O)N2CC(c3nc(Cc4ccccc4OC)no3)C2)cc1. The second-order valence-electron chi connectivity index (χ2n) is 6.90. The van der Waals surface area contributed by atoms with Gasteiger partial charge in [-0.1, -0.05) is 23.4 Å². The summed E-state index contributed by atoms with van der Waals surface area (Å²) in [7, 11) is 1.64. The first-order valence-corrected chi connectivity index (χ1v) is 9.64. The molecule has 150 valence electrons. The molecule has 7 nitrogen and oxygen atoms in total. The standard InChI is InChI=1S/C22H23N3O4/c1-3-28-18-10-8-15(9-11-18)22(26)25-13-17(14-25)21-23-20(24-29-21)12-16-6-4-5-7-19(16)27-2/h4-11,17H,3,12-14H2,1-2H3. The van der Waals surface area contributed by atoms with E-state index in [2.05, 4.69) is 10.1 Å². The predicted molar refractivity (Wildman–Crippen MR) is 106 cm³/mol. The maximum Gasteiger partial charge on any atom is 0.253 e. The van der Waals surface area contributed by atoms with Gasteiger partial charge in [0.2, 0.25) is 5.89 Å². The summed E-state index contributed by atoms with van der Waals surface area (Å²) in [4.78, 5) is 18.9. The lowest BCUT2D eigenvalue weighted by Gasteiger charge is -2.37. The topological polar surface area (TPSA) is 77.7 Å². The Morgan fingerprint density at radius 3 is 2.66 bits per heavy atom. The minimum Gasteiger partial charge on any atom is -0.496 e. The molecule has 1 fully saturated rings. The van der Waals surface area contributed by atoms with Crippen LogP contribution in [0.15, 0.2) is 53.1 Å². The van der Waals surface area contributed by atoms with Crippen LogP contribution in [0.3, 0.4) is 0 Å². The number of rotatable bonds is 7. The monoisotopic (exact) mass is 393 g/mol. The smallest absolute Gasteiger partial charge is 0.253 e. The van der Waals surface area contributed by atoms with Crippen molar-refractivity contribution in [3.05, 3.63) is 71.4 Å². The summed E-state index contributed by atoms with van der Waals surface area (Å²) >= 11 is 0. The van der Waals surface area contributed by atoms with E-state index in [1.807, 2.05) is 43.3 Å². The van der Waals surface area contributed by atoms with Gasteiger partial charge in [-0.3, -0.25) is 4.79 Å². The molecule has 0 N–H and O–H groups in total. The molecule has 0 bridgehead atoms. The highest BCUT2D eigenvalue weighted by atomic mass is 16.5. The number of para-hydroxylation sites is 1. The number of carbonyl (C=O) groups excluding carboxylic acids is 1. The van der Waals surface area contributed by atoms with Gasteiger partial charge in [-0.15, -0.1) is 0 Å². The number of aromatic nitrogens is 2. The highest BCUT2D eigenvalue weighted by Gasteiger charge is 2.36. The number of amides is 1. The third-order valence-electron chi connectivity index (χ3n) is 4.96. The molecule has 1 saturated heterocycles. The van der Waals surface area contributed by atoms with E-state index in [0.717, 1.165) is 17.1 Å². The van der Waals surface area contributed by atoms with Crippen LogP contribution < -0.4 is 9.47 Å². The number of carbonyl (C=O) groups is 1. The van der Waals surface area contributed by atoms with Gasteiger partial charge < -0.3 is 18.9 Å². The van der Waals surface area contributed by atoms with Gasteiger partial charge in [0.05, 0.1) is 19.6 Å². The Labute approximate surface area is 169 Å². The summed E-state index contributed by atoms with van der Waals surface area (Å²) in [5.41, 5.74) is 1.65. The van der Waals surface area contributed by atoms with Crippen LogP contribution in [0.1, 0.15) is 40.5 Å². The Morgan fingerprint density at radius 1 is 1.17 bits per heavy atom. The lowest BCUT2D eigenvalue weighted by Crippen LogP contribution is -2.48. The molecule has 0 aliphatic carbocycles. The van der Waals surface area contributed by atoms with E-state index in [1.54, 1.807) is 24.1 Å². The molecule has 3 aromatic rings. The number of benzene rings is 2. The molecule has 0 spiro atoms. The van der Waals surface area contributed by atoms with Gasteiger partial charge in [0.25, 0.3) is 5.91 Å². The summed E-state index contributed by atoms with van der Waals surface area (Å²) in [6, 6.07) is 15.0. The van der Waals surface area contributed by atoms with Gasteiger partial charge in [-0.25, -0.2) is 0 Å². The summed E-state index contributed by atoms with van der Waals surface area (Å²) in [5.74, 6) is 2.82.